The first-order valence-electron chi connectivity index (χ1n) is 7.06. The highest BCUT2D eigenvalue weighted by Crippen LogP contribution is 2.35. The highest BCUT2D eigenvalue weighted by atomic mass is 32.2. The second-order valence-electron chi connectivity index (χ2n) is 4.84. The molecule has 0 saturated heterocycles. The minimum absolute atomic E-state index is 0.648. The van der Waals surface area contributed by atoms with Gasteiger partial charge in [-0.1, -0.05) is 30.0 Å². The largest absolute Gasteiger partial charge is 0.494 e. The number of methoxy groups -OCH3 is 2. The minimum atomic E-state index is 0.648. The van der Waals surface area contributed by atoms with Crippen molar-refractivity contribution in [3.05, 3.63) is 48.8 Å². The molecule has 0 atom stereocenters. The fourth-order valence-electron chi connectivity index (χ4n) is 2.34. The fourth-order valence-corrected chi connectivity index (χ4v) is 3.25. The summed E-state index contributed by atoms with van der Waals surface area (Å²) < 4.78 is 12.8. The van der Waals surface area contributed by atoms with Gasteiger partial charge in [0, 0.05) is 23.4 Å². The number of rotatable bonds is 6. The average Bonchev–Trinajstić information content (AvgIpc) is 2.96. The standard InChI is InChI=1S/C17H18N2O2S/c1-20-9-8-19-12-18-15-10-14(11-16(21-2)17(15)19)22-13-6-4-3-5-7-13/h3-7,10-12H,8-9H2,1-2H3. The van der Waals surface area contributed by atoms with Gasteiger partial charge in [0.05, 0.1) is 25.6 Å². The SMILES string of the molecule is COCCn1cnc2cc(Sc3ccccc3)cc(OC)c21. The summed E-state index contributed by atoms with van der Waals surface area (Å²) in [5, 5.41) is 0. The number of imidazole rings is 1. The van der Waals surface area contributed by atoms with Gasteiger partial charge in [-0.15, -0.1) is 0 Å². The Labute approximate surface area is 134 Å². The molecule has 5 heteroatoms. The van der Waals surface area contributed by atoms with Gasteiger partial charge in [0.15, 0.2) is 0 Å². The zero-order chi connectivity index (χ0) is 15.4. The van der Waals surface area contributed by atoms with Gasteiger partial charge >= 0.3 is 0 Å². The first kappa shape index (κ1) is 14.9. The maximum Gasteiger partial charge on any atom is 0.145 e. The van der Waals surface area contributed by atoms with E-state index in [1.165, 1.54) is 4.90 Å². The van der Waals surface area contributed by atoms with E-state index in [0.29, 0.717) is 6.61 Å². The Balaban J connectivity index is 1.97. The van der Waals surface area contributed by atoms with E-state index in [0.717, 1.165) is 28.2 Å². The van der Waals surface area contributed by atoms with E-state index in [4.69, 9.17) is 9.47 Å². The van der Waals surface area contributed by atoms with Crippen molar-refractivity contribution in [1.29, 1.82) is 0 Å². The van der Waals surface area contributed by atoms with Crippen molar-refractivity contribution in [2.24, 2.45) is 0 Å². The molecule has 0 N–H and O–H groups in total. The van der Waals surface area contributed by atoms with Crippen molar-refractivity contribution in [2.75, 3.05) is 20.8 Å². The van der Waals surface area contributed by atoms with Crippen molar-refractivity contribution in [1.82, 2.24) is 9.55 Å². The molecular formula is C17H18N2O2S. The van der Waals surface area contributed by atoms with Crippen molar-refractivity contribution in [3.63, 3.8) is 0 Å². The van der Waals surface area contributed by atoms with Crippen LogP contribution in [0.25, 0.3) is 11.0 Å². The van der Waals surface area contributed by atoms with Crippen LogP contribution in [-0.4, -0.2) is 30.4 Å². The molecule has 4 nitrogen and oxygen atoms in total. The topological polar surface area (TPSA) is 36.3 Å². The first-order valence-corrected chi connectivity index (χ1v) is 7.88. The molecule has 0 amide bonds. The van der Waals surface area contributed by atoms with Gasteiger partial charge < -0.3 is 14.0 Å². The second kappa shape index (κ2) is 6.85. The molecule has 1 heterocycles. The number of hydrogen-bond acceptors (Lipinski definition) is 4. The highest BCUT2D eigenvalue weighted by Gasteiger charge is 2.11. The maximum absolute atomic E-state index is 5.57. The van der Waals surface area contributed by atoms with Gasteiger partial charge in [-0.2, -0.15) is 0 Å². The van der Waals surface area contributed by atoms with Crippen molar-refractivity contribution >= 4 is 22.8 Å². The summed E-state index contributed by atoms with van der Waals surface area (Å²) in [6.45, 7) is 1.41. The number of hydrogen-bond donors (Lipinski definition) is 0. The molecule has 2 aromatic carbocycles. The lowest BCUT2D eigenvalue weighted by molar-refractivity contribution is 0.188. The molecule has 0 aliphatic carbocycles. The molecule has 0 aliphatic rings. The highest BCUT2D eigenvalue weighted by molar-refractivity contribution is 7.99. The number of nitrogens with zero attached hydrogens (tertiary/aromatic N) is 2. The van der Waals surface area contributed by atoms with E-state index in [1.807, 2.05) is 24.5 Å². The van der Waals surface area contributed by atoms with Crippen molar-refractivity contribution < 1.29 is 9.47 Å². The van der Waals surface area contributed by atoms with Crippen molar-refractivity contribution in [3.8, 4) is 5.75 Å². The van der Waals surface area contributed by atoms with Crippen LogP contribution in [0, 0.1) is 0 Å². The Morgan fingerprint density at radius 2 is 1.91 bits per heavy atom. The minimum Gasteiger partial charge on any atom is -0.494 e. The summed E-state index contributed by atoms with van der Waals surface area (Å²) in [5.74, 6) is 0.838. The van der Waals surface area contributed by atoms with Crippen LogP contribution in [0.15, 0.2) is 58.6 Å². The molecule has 3 aromatic rings. The van der Waals surface area contributed by atoms with E-state index in [1.54, 1.807) is 26.0 Å². The van der Waals surface area contributed by atoms with Gasteiger partial charge in [-0.3, -0.25) is 0 Å². The first-order chi connectivity index (χ1) is 10.8. The van der Waals surface area contributed by atoms with Gasteiger partial charge in [-0.25, -0.2) is 4.98 Å². The van der Waals surface area contributed by atoms with E-state index in [2.05, 4.69) is 33.8 Å². The third-order valence-electron chi connectivity index (χ3n) is 3.39. The van der Waals surface area contributed by atoms with E-state index >= 15 is 0 Å². The molecule has 3 rings (SSSR count). The summed E-state index contributed by atoms with van der Waals surface area (Å²) in [4.78, 5) is 6.81. The molecule has 0 unspecified atom stereocenters. The van der Waals surface area contributed by atoms with Crippen LogP contribution >= 0.6 is 11.8 Å². The van der Waals surface area contributed by atoms with Crippen LogP contribution in [0.4, 0.5) is 0 Å². The Morgan fingerprint density at radius 3 is 2.64 bits per heavy atom. The zero-order valence-corrected chi connectivity index (χ0v) is 13.5. The van der Waals surface area contributed by atoms with Gasteiger partial charge in [0.1, 0.15) is 11.3 Å². The molecule has 0 spiro atoms. The number of benzene rings is 2. The molecule has 0 bridgehead atoms. The summed E-state index contributed by atoms with van der Waals surface area (Å²) in [6, 6.07) is 14.4. The Hall–Kier alpha value is -1.98. The van der Waals surface area contributed by atoms with Crippen LogP contribution in [-0.2, 0) is 11.3 Å². The number of fused-ring (bicyclic) bond motifs is 1. The normalized spacial score (nSPS) is 11.0. The lowest BCUT2D eigenvalue weighted by Gasteiger charge is -2.09. The quantitative estimate of drug-likeness (QED) is 0.692. The third kappa shape index (κ3) is 3.10. The predicted molar refractivity (Wildman–Crippen MR) is 88.7 cm³/mol. The Kier molecular flexibility index (Phi) is 4.65. The molecule has 0 fully saturated rings. The van der Waals surface area contributed by atoms with Gasteiger partial charge in [-0.05, 0) is 24.3 Å². The Bertz CT molecular complexity index is 756. The monoisotopic (exact) mass is 314 g/mol. The van der Waals surface area contributed by atoms with Gasteiger partial charge in [0.25, 0.3) is 0 Å². The molecule has 0 saturated carbocycles. The van der Waals surface area contributed by atoms with Crippen LogP contribution in [0.1, 0.15) is 0 Å². The lowest BCUT2D eigenvalue weighted by Crippen LogP contribution is -2.03. The van der Waals surface area contributed by atoms with Crippen LogP contribution in [0.2, 0.25) is 0 Å². The third-order valence-corrected chi connectivity index (χ3v) is 4.37. The smallest absolute Gasteiger partial charge is 0.145 e. The Morgan fingerprint density at radius 1 is 1.09 bits per heavy atom. The summed E-state index contributed by atoms with van der Waals surface area (Å²) in [5.41, 5.74) is 1.95. The van der Waals surface area contributed by atoms with E-state index in [-0.39, 0.29) is 0 Å². The second-order valence-corrected chi connectivity index (χ2v) is 5.99. The maximum atomic E-state index is 5.57. The average molecular weight is 314 g/mol. The molecule has 0 aliphatic heterocycles. The lowest BCUT2D eigenvalue weighted by atomic mass is 10.3. The van der Waals surface area contributed by atoms with Crippen molar-refractivity contribution in [2.45, 2.75) is 16.3 Å². The van der Waals surface area contributed by atoms with Gasteiger partial charge in [0.2, 0.25) is 0 Å². The summed E-state index contributed by atoms with van der Waals surface area (Å²) >= 11 is 1.71. The molecule has 114 valence electrons. The molecule has 0 radical (unpaired) electrons. The van der Waals surface area contributed by atoms with E-state index in [9.17, 15) is 0 Å². The van der Waals surface area contributed by atoms with Crippen LogP contribution < -0.4 is 4.74 Å². The van der Waals surface area contributed by atoms with Crippen LogP contribution in [0.3, 0.4) is 0 Å². The summed E-state index contributed by atoms with van der Waals surface area (Å²) in [6.07, 6.45) is 1.84. The van der Waals surface area contributed by atoms with Crippen LogP contribution in [0.5, 0.6) is 5.75 Å². The summed E-state index contributed by atoms with van der Waals surface area (Å²) in [7, 11) is 3.39. The molecule has 1 aromatic heterocycles. The predicted octanol–water partition coefficient (Wildman–Crippen LogP) is 3.84. The number of ether oxygens (including phenoxy) is 2. The fraction of sp³-hybridized carbons (Fsp3) is 0.235. The molecular weight excluding hydrogens is 296 g/mol. The molecule has 22 heavy (non-hydrogen) atoms. The van der Waals surface area contributed by atoms with E-state index < -0.39 is 0 Å². The number of aromatic nitrogens is 2. The zero-order valence-electron chi connectivity index (χ0n) is 12.7.